The third-order valence-corrected chi connectivity index (χ3v) is 3.76. The zero-order chi connectivity index (χ0) is 14.7. The third-order valence-electron chi connectivity index (χ3n) is 3.53. The maximum atomic E-state index is 12.2. The van der Waals surface area contributed by atoms with Crippen molar-refractivity contribution < 1.29 is 14.6 Å². The summed E-state index contributed by atoms with van der Waals surface area (Å²) >= 11 is 6.00. The number of aliphatic hydroxyl groups excluding tert-OH is 1. The number of nitrogens with zero attached hydrogens (tertiary/aromatic N) is 2. The molecule has 0 aromatic heterocycles. The minimum Gasteiger partial charge on any atom is -0.490 e. The molecule has 6 heteroatoms. The van der Waals surface area contributed by atoms with E-state index in [1.807, 2.05) is 17.9 Å². The molecule has 5 nitrogen and oxygen atoms in total. The fourth-order valence-corrected chi connectivity index (χ4v) is 2.22. The molecule has 0 fully saturated rings. The largest absolute Gasteiger partial charge is 0.490 e. The summed E-state index contributed by atoms with van der Waals surface area (Å²) in [4.78, 5) is 15.7. The van der Waals surface area contributed by atoms with Gasteiger partial charge in [0, 0.05) is 12.1 Å². The van der Waals surface area contributed by atoms with Crippen LogP contribution in [0.25, 0.3) is 0 Å². The first kappa shape index (κ1) is 14.9. The number of carbonyl (C=O) groups excluding carboxylic acids is 1. The van der Waals surface area contributed by atoms with E-state index in [9.17, 15) is 4.79 Å². The first-order valence-corrected chi connectivity index (χ1v) is 6.94. The molecule has 1 aliphatic heterocycles. The second kappa shape index (κ2) is 6.33. The van der Waals surface area contributed by atoms with E-state index in [0.29, 0.717) is 18.2 Å². The maximum absolute atomic E-state index is 12.2. The summed E-state index contributed by atoms with van der Waals surface area (Å²) in [5.41, 5.74) is 0.835. The lowest BCUT2D eigenvalue weighted by atomic mass is 10.2. The molecule has 110 valence electrons. The number of benzene rings is 1. The second-order valence-electron chi connectivity index (χ2n) is 4.92. The first-order chi connectivity index (χ1) is 9.52. The Hall–Kier alpha value is -1.46. The Kier molecular flexibility index (Phi) is 4.73. The van der Waals surface area contributed by atoms with Gasteiger partial charge in [-0.15, -0.1) is 0 Å². The standard InChI is InChI=1S/C14H19ClN2O3/c1-10(9-18)16(2)14(19)8-17-5-6-20-13-4-3-11(15)7-12(13)17/h3-4,7,10,18H,5-6,8-9H2,1-2H3. The Morgan fingerprint density at radius 3 is 3.05 bits per heavy atom. The van der Waals surface area contributed by atoms with E-state index in [4.69, 9.17) is 21.4 Å². The van der Waals surface area contributed by atoms with Crippen LogP contribution >= 0.6 is 11.6 Å². The number of amides is 1. The van der Waals surface area contributed by atoms with E-state index >= 15 is 0 Å². The van der Waals surface area contributed by atoms with Crippen LogP contribution in [0.5, 0.6) is 5.75 Å². The van der Waals surface area contributed by atoms with Gasteiger partial charge in [0.25, 0.3) is 0 Å². The highest BCUT2D eigenvalue weighted by Gasteiger charge is 2.23. The molecule has 20 heavy (non-hydrogen) atoms. The van der Waals surface area contributed by atoms with Crippen molar-refractivity contribution in [1.82, 2.24) is 4.90 Å². The Balaban J connectivity index is 2.12. The molecule has 1 atom stereocenters. The molecule has 1 aromatic rings. The van der Waals surface area contributed by atoms with Crippen LogP contribution in [0.1, 0.15) is 6.92 Å². The maximum Gasteiger partial charge on any atom is 0.242 e. The van der Waals surface area contributed by atoms with Gasteiger partial charge in [0.05, 0.1) is 31.4 Å². The van der Waals surface area contributed by atoms with Crippen molar-refractivity contribution >= 4 is 23.2 Å². The molecule has 1 unspecified atom stereocenters. The van der Waals surface area contributed by atoms with Crippen LogP contribution in [0.2, 0.25) is 5.02 Å². The van der Waals surface area contributed by atoms with Crippen LogP contribution in [-0.4, -0.2) is 55.3 Å². The quantitative estimate of drug-likeness (QED) is 0.912. The molecule has 1 aliphatic rings. The number of likely N-dealkylation sites (N-methyl/N-ethyl adjacent to an activating group) is 1. The van der Waals surface area contributed by atoms with Gasteiger partial charge >= 0.3 is 0 Å². The summed E-state index contributed by atoms with van der Waals surface area (Å²) in [6.07, 6.45) is 0. The predicted octanol–water partition coefficient (Wildman–Crippen LogP) is 1.38. The highest BCUT2D eigenvalue weighted by atomic mass is 35.5. The molecule has 0 spiro atoms. The van der Waals surface area contributed by atoms with Gasteiger partial charge in [-0.2, -0.15) is 0 Å². The average molecular weight is 299 g/mol. The smallest absolute Gasteiger partial charge is 0.242 e. The number of carbonyl (C=O) groups is 1. The van der Waals surface area contributed by atoms with Crippen molar-refractivity contribution in [3.05, 3.63) is 23.2 Å². The van der Waals surface area contributed by atoms with Crippen LogP contribution in [0.3, 0.4) is 0 Å². The fourth-order valence-electron chi connectivity index (χ4n) is 2.05. The highest BCUT2D eigenvalue weighted by molar-refractivity contribution is 6.31. The van der Waals surface area contributed by atoms with Gasteiger partial charge in [0.2, 0.25) is 5.91 Å². The van der Waals surface area contributed by atoms with Gasteiger partial charge in [-0.3, -0.25) is 4.79 Å². The Morgan fingerprint density at radius 2 is 2.35 bits per heavy atom. The molecule has 0 saturated heterocycles. The molecule has 1 heterocycles. The molecular formula is C14H19ClN2O3. The van der Waals surface area contributed by atoms with E-state index in [0.717, 1.165) is 11.4 Å². The van der Waals surface area contributed by atoms with Crippen molar-refractivity contribution in [2.75, 3.05) is 38.3 Å². The number of aliphatic hydroxyl groups is 1. The molecule has 0 aliphatic carbocycles. The van der Waals surface area contributed by atoms with E-state index in [-0.39, 0.29) is 25.1 Å². The molecular weight excluding hydrogens is 280 g/mol. The summed E-state index contributed by atoms with van der Waals surface area (Å²) in [6.45, 7) is 3.19. The normalized spacial score (nSPS) is 15.3. The lowest BCUT2D eigenvalue weighted by Crippen LogP contribution is -2.45. The molecule has 2 rings (SSSR count). The molecule has 1 amide bonds. The average Bonchev–Trinajstić information content (AvgIpc) is 2.46. The monoisotopic (exact) mass is 298 g/mol. The van der Waals surface area contributed by atoms with Crippen molar-refractivity contribution in [3.8, 4) is 5.75 Å². The lowest BCUT2D eigenvalue weighted by Gasteiger charge is -2.33. The molecule has 0 bridgehead atoms. The van der Waals surface area contributed by atoms with E-state index in [1.54, 1.807) is 24.1 Å². The minimum atomic E-state index is -0.192. The number of hydrogen-bond acceptors (Lipinski definition) is 4. The zero-order valence-corrected chi connectivity index (χ0v) is 12.4. The number of anilines is 1. The predicted molar refractivity (Wildman–Crippen MR) is 78.5 cm³/mol. The molecule has 1 aromatic carbocycles. The highest BCUT2D eigenvalue weighted by Crippen LogP contribution is 2.33. The van der Waals surface area contributed by atoms with Crippen molar-refractivity contribution in [3.63, 3.8) is 0 Å². The molecule has 0 saturated carbocycles. The lowest BCUT2D eigenvalue weighted by molar-refractivity contribution is -0.130. The van der Waals surface area contributed by atoms with Crippen molar-refractivity contribution in [2.45, 2.75) is 13.0 Å². The van der Waals surface area contributed by atoms with E-state index in [2.05, 4.69) is 0 Å². The van der Waals surface area contributed by atoms with Crippen molar-refractivity contribution in [1.29, 1.82) is 0 Å². The number of ether oxygens (including phenoxy) is 1. The van der Waals surface area contributed by atoms with Gasteiger partial charge in [-0.05, 0) is 25.1 Å². The second-order valence-corrected chi connectivity index (χ2v) is 5.35. The van der Waals surface area contributed by atoms with Crippen molar-refractivity contribution in [2.24, 2.45) is 0 Å². The SMILES string of the molecule is CC(CO)N(C)C(=O)CN1CCOc2ccc(Cl)cc21. The van der Waals surface area contributed by atoms with Crippen LogP contribution in [0.15, 0.2) is 18.2 Å². The fraction of sp³-hybridized carbons (Fsp3) is 0.500. The number of halogens is 1. The van der Waals surface area contributed by atoms with Crippen LogP contribution in [0.4, 0.5) is 5.69 Å². The topological polar surface area (TPSA) is 53.0 Å². The van der Waals surface area contributed by atoms with E-state index < -0.39 is 0 Å². The first-order valence-electron chi connectivity index (χ1n) is 6.56. The molecule has 0 radical (unpaired) electrons. The number of fused-ring (bicyclic) bond motifs is 1. The summed E-state index contributed by atoms with van der Waals surface area (Å²) in [7, 11) is 1.70. The summed E-state index contributed by atoms with van der Waals surface area (Å²) in [5.74, 6) is 0.700. The summed E-state index contributed by atoms with van der Waals surface area (Å²) in [5, 5.41) is 9.72. The summed E-state index contributed by atoms with van der Waals surface area (Å²) in [6, 6.07) is 5.20. The third kappa shape index (κ3) is 3.16. The Labute approximate surface area is 123 Å². The van der Waals surface area contributed by atoms with Crippen LogP contribution in [-0.2, 0) is 4.79 Å². The van der Waals surface area contributed by atoms with Gasteiger partial charge in [-0.25, -0.2) is 0 Å². The van der Waals surface area contributed by atoms with Gasteiger partial charge in [0.1, 0.15) is 12.4 Å². The van der Waals surface area contributed by atoms with Crippen LogP contribution in [0, 0.1) is 0 Å². The van der Waals surface area contributed by atoms with Gasteiger partial charge in [0.15, 0.2) is 0 Å². The minimum absolute atomic E-state index is 0.0422. The van der Waals surface area contributed by atoms with Gasteiger partial charge in [-0.1, -0.05) is 11.6 Å². The zero-order valence-electron chi connectivity index (χ0n) is 11.7. The van der Waals surface area contributed by atoms with E-state index in [1.165, 1.54) is 0 Å². The Bertz CT molecular complexity index is 495. The molecule has 1 N–H and O–H groups in total. The van der Waals surface area contributed by atoms with Crippen LogP contribution < -0.4 is 9.64 Å². The van der Waals surface area contributed by atoms with Gasteiger partial charge < -0.3 is 19.6 Å². The summed E-state index contributed by atoms with van der Waals surface area (Å²) < 4.78 is 5.55. The Morgan fingerprint density at radius 1 is 1.60 bits per heavy atom. The number of hydrogen-bond donors (Lipinski definition) is 1. The number of rotatable bonds is 4.